The molecule has 0 bridgehead atoms. The number of hydrogen-bond acceptors (Lipinski definition) is 5. The lowest BCUT2D eigenvalue weighted by molar-refractivity contribution is 0.0322. The molecule has 1 fully saturated rings. The summed E-state index contributed by atoms with van der Waals surface area (Å²) in [6.45, 7) is 4.20. The van der Waals surface area contributed by atoms with E-state index in [0.717, 1.165) is 23.3 Å². The second-order valence-electron chi connectivity index (χ2n) is 8.88. The van der Waals surface area contributed by atoms with E-state index in [1.165, 1.54) is 37.4 Å². The van der Waals surface area contributed by atoms with Crippen LogP contribution in [-0.4, -0.2) is 51.6 Å². The third-order valence-corrected chi connectivity index (χ3v) is 7.96. The summed E-state index contributed by atoms with van der Waals surface area (Å²) in [6.07, 6.45) is -1.18. The Morgan fingerprint density at radius 1 is 1.00 bits per heavy atom. The van der Waals surface area contributed by atoms with Crippen molar-refractivity contribution >= 4 is 15.7 Å². The molecule has 0 saturated carbocycles. The molecule has 1 saturated heterocycles. The average molecular weight is 516 g/mol. The fraction of sp³-hybridized carbons (Fsp3) is 0.296. The molecule has 0 N–H and O–H groups in total. The lowest BCUT2D eigenvalue weighted by atomic mass is 10.0. The van der Waals surface area contributed by atoms with E-state index in [0.29, 0.717) is 5.56 Å². The van der Waals surface area contributed by atoms with Gasteiger partial charge in [-0.2, -0.15) is 0 Å². The summed E-state index contributed by atoms with van der Waals surface area (Å²) in [5.41, 5.74) is 2.24. The smallest absolute Gasteiger partial charge is 0.254 e. The van der Waals surface area contributed by atoms with E-state index in [4.69, 9.17) is 9.47 Å². The fourth-order valence-corrected chi connectivity index (χ4v) is 5.73. The van der Waals surface area contributed by atoms with E-state index in [1.807, 2.05) is 32.0 Å². The van der Waals surface area contributed by atoms with Gasteiger partial charge in [0.05, 0.1) is 18.8 Å². The van der Waals surface area contributed by atoms with Gasteiger partial charge >= 0.3 is 0 Å². The molecule has 2 atom stereocenters. The Bertz CT molecular complexity index is 1390. The number of hydrogen-bond donors (Lipinski definition) is 0. The van der Waals surface area contributed by atoms with E-state index >= 15 is 4.39 Å². The minimum atomic E-state index is -4.13. The number of nitrogens with zero attached hydrogens (tertiary/aromatic N) is 1. The molecule has 1 aliphatic heterocycles. The van der Waals surface area contributed by atoms with Gasteiger partial charge in [0.2, 0.25) is 0 Å². The fourth-order valence-electron chi connectivity index (χ4n) is 4.29. The Balaban J connectivity index is 1.54. The van der Waals surface area contributed by atoms with E-state index in [1.54, 1.807) is 4.90 Å². The van der Waals surface area contributed by atoms with Crippen LogP contribution in [0.4, 0.5) is 8.78 Å². The Morgan fingerprint density at radius 2 is 1.72 bits per heavy atom. The van der Waals surface area contributed by atoms with Gasteiger partial charge in [-0.3, -0.25) is 4.79 Å². The zero-order chi connectivity index (χ0) is 26.0. The monoisotopic (exact) mass is 515 g/mol. The third kappa shape index (κ3) is 5.27. The summed E-state index contributed by atoms with van der Waals surface area (Å²) in [5, 5.41) is 0. The predicted octanol–water partition coefficient (Wildman–Crippen LogP) is 4.47. The highest BCUT2D eigenvalue weighted by Gasteiger charge is 2.38. The van der Waals surface area contributed by atoms with Crippen molar-refractivity contribution in [2.75, 3.05) is 20.2 Å². The Kier molecular flexibility index (Phi) is 7.42. The van der Waals surface area contributed by atoms with E-state index in [9.17, 15) is 17.6 Å². The maximum Gasteiger partial charge on any atom is 0.254 e. The normalized spacial score (nSPS) is 17.9. The number of sulfone groups is 1. The zero-order valence-corrected chi connectivity index (χ0v) is 21.0. The van der Waals surface area contributed by atoms with Crippen LogP contribution in [0.15, 0.2) is 65.6 Å². The van der Waals surface area contributed by atoms with Gasteiger partial charge in [0, 0.05) is 18.2 Å². The van der Waals surface area contributed by atoms with E-state index < -0.39 is 44.3 Å². The summed E-state index contributed by atoms with van der Waals surface area (Å²) in [5.74, 6) is -2.81. The van der Waals surface area contributed by atoms with Crippen LogP contribution < -0.4 is 4.74 Å². The standard InChI is InChI=1S/C27H27F2NO5S/c1-17-11-12-18(2)20(13-17)27(31)30-14-23(34-3)24(15-30)35-22-9-6-7-19(26(22)29)16-36(32,33)25-10-5-4-8-21(25)28/h4-13,23-24H,14-16H2,1-3H3. The van der Waals surface area contributed by atoms with Gasteiger partial charge in [0.1, 0.15) is 22.9 Å². The Hall–Kier alpha value is -3.30. The molecule has 1 heterocycles. The average Bonchev–Trinajstić information content (AvgIpc) is 3.25. The lowest BCUT2D eigenvalue weighted by Gasteiger charge is -2.20. The number of likely N-dealkylation sites (tertiary alicyclic amines) is 1. The second-order valence-corrected chi connectivity index (χ2v) is 10.8. The van der Waals surface area contributed by atoms with Crippen LogP contribution in [0.3, 0.4) is 0 Å². The molecule has 0 aliphatic carbocycles. The molecule has 6 nitrogen and oxygen atoms in total. The highest BCUT2D eigenvalue weighted by molar-refractivity contribution is 7.90. The number of amides is 1. The van der Waals surface area contributed by atoms with Gasteiger partial charge < -0.3 is 14.4 Å². The van der Waals surface area contributed by atoms with Crippen molar-refractivity contribution in [3.05, 3.63) is 94.6 Å². The summed E-state index contributed by atoms with van der Waals surface area (Å²) >= 11 is 0. The molecular formula is C27H27F2NO5S. The van der Waals surface area contributed by atoms with Crippen molar-refractivity contribution in [3.8, 4) is 5.75 Å². The summed E-state index contributed by atoms with van der Waals surface area (Å²) in [6, 6.07) is 14.8. The van der Waals surface area contributed by atoms with E-state index in [-0.39, 0.29) is 30.3 Å². The number of carbonyl (C=O) groups is 1. The molecular weight excluding hydrogens is 488 g/mol. The zero-order valence-electron chi connectivity index (χ0n) is 20.2. The van der Waals surface area contributed by atoms with Crippen LogP contribution in [0, 0.1) is 25.5 Å². The number of rotatable bonds is 7. The lowest BCUT2D eigenvalue weighted by Crippen LogP contribution is -2.32. The Morgan fingerprint density at radius 3 is 2.44 bits per heavy atom. The molecule has 3 aromatic rings. The third-order valence-electron chi connectivity index (χ3n) is 6.27. The van der Waals surface area contributed by atoms with Gasteiger partial charge in [-0.05, 0) is 43.7 Å². The molecule has 190 valence electrons. The molecule has 3 aromatic carbocycles. The summed E-state index contributed by atoms with van der Waals surface area (Å²) < 4.78 is 66.2. The number of methoxy groups -OCH3 is 1. The van der Waals surface area contributed by atoms with Crippen LogP contribution in [-0.2, 0) is 20.3 Å². The van der Waals surface area contributed by atoms with Crippen molar-refractivity contribution in [2.24, 2.45) is 0 Å². The number of benzene rings is 3. The van der Waals surface area contributed by atoms with E-state index in [2.05, 4.69) is 0 Å². The van der Waals surface area contributed by atoms with Gasteiger partial charge in [-0.1, -0.05) is 42.0 Å². The first-order valence-electron chi connectivity index (χ1n) is 11.4. The minimum Gasteiger partial charge on any atom is -0.483 e. The second kappa shape index (κ2) is 10.4. The van der Waals surface area contributed by atoms with Crippen molar-refractivity contribution in [3.63, 3.8) is 0 Å². The van der Waals surface area contributed by atoms with Crippen LogP contribution in [0.5, 0.6) is 5.75 Å². The van der Waals surface area contributed by atoms with Crippen molar-refractivity contribution in [1.29, 1.82) is 0 Å². The quantitative estimate of drug-likeness (QED) is 0.464. The van der Waals surface area contributed by atoms with Crippen LogP contribution >= 0.6 is 0 Å². The number of ether oxygens (including phenoxy) is 2. The van der Waals surface area contributed by atoms with Crippen LogP contribution in [0.1, 0.15) is 27.0 Å². The van der Waals surface area contributed by atoms with Gasteiger partial charge in [-0.25, -0.2) is 17.2 Å². The maximum absolute atomic E-state index is 15.3. The van der Waals surface area contributed by atoms with Crippen LogP contribution in [0.2, 0.25) is 0 Å². The maximum atomic E-state index is 15.3. The van der Waals surface area contributed by atoms with Crippen molar-refractivity contribution in [2.45, 2.75) is 36.7 Å². The van der Waals surface area contributed by atoms with Crippen molar-refractivity contribution in [1.82, 2.24) is 4.90 Å². The number of carbonyl (C=O) groups excluding carboxylic acids is 1. The highest BCUT2D eigenvalue weighted by atomic mass is 32.2. The molecule has 4 rings (SSSR count). The minimum absolute atomic E-state index is 0.147. The molecule has 36 heavy (non-hydrogen) atoms. The molecule has 0 aromatic heterocycles. The highest BCUT2D eigenvalue weighted by Crippen LogP contribution is 2.29. The summed E-state index contributed by atoms with van der Waals surface area (Å²) in [7, 11) is -2.65. The SMILES string of the molecule is COC1CN(C(=O)c2cc(C)ccc2C)CC1Oc1cccc(CS(=O)(=O)c2ccccc2F)c1F. The Labute approximate surface area is 209 Å². The largest absolute Gasteiger partial charge is 0.483 e. The summed E-state index contributed by atoms with van der Waals surface area (Å²) in [4.78, 5) is 14.3. The van der Waals surface area contributed by atoms with Gasteiger partial charge in [0.15, 0.2) is 21.4 Å². The van der Waals surface area contributed by atoms with Crippen molar-refractivity contribution < 1.29 is 31.5 Å². The van der Waals surface area contributed by atoms with Gasteiger partial charge in [-0.15, -0.1) is 0 Å². The molecule has 0 radical (unpaired) electrons. The number of aryl methyl sites for hydroxylation is 2. The molecule has 0 spiro atoms. The van der Waals surface area contributed by atoms with Crippen LogP contribution in [0.25, 0.3) is 0 Å². The molecule has 9 heteroatoms. The first kappa shape index (κ1) is 25.8. The molecule has 1 aliphatic rings. The first-order valence-corrected chi connectivity index (χ1v) is 13.1. The van der Waals surface area contributed by atoms with Gasteiger partial charge in [0.25, 0.3) is 5.91 Å². The molecule has 2 unspecified atom stereocenters. The molecule has 1 amide bonds. The first-order chi connectivity index (χ1) is 17.1. The number of halogens is 2. The topological polar surface area (TPSA) is 72.9 Å². The predicted molar refractivity (Wildman–Crippen MR) is 131 cm³/mol.